The molecule has 11 nitrogen and oxygen atoms in total. The number of benzene rings is 1. The highest BCUT2D eigenvalue weighted by atomic mass is 16.3. The van der Waals surface area contributed by atoms with Crippen molar-refractivity contribution in [3.05, 3.63) is 42.9 Å². The first kappa shape index (κ1) is 20.1. The summed E-state index contributed by atoms with van der Waals surface area (Å²) in [6, 6.07) is 7.98. The predicted octanol–water partition coefficient (Wildman–Crippen LogP) is 1.27. The second-order valence-corrected chi connectivity index (χ2v) is 7.97. The van der Waals surface area contributed by atoms with E-state index in [1.165, 1.54) is 0 Å². The minimum absolute atomic E-state index is 0.162. The van der Waals surface area contributed by atoms with Crippen molar-refractivity contribution in [1.29, 1.82) is 0 Å². The Labute approximate surface area is 183 Å². The molecule has 3 aromatic heterocycles. The maximum Gasteiger partial charge on any atom is 0.225 e. The summed E-state index contributed by atoms with van der Waals surface area (Å²) < 4.78 is 3.37. The van der Waals surface area contributed by atoms with Crippen molar-refractivity contribution in [1.82, 2.24) is 34.7 Å². The van der Waals surface area contributed by atoms with Crippen LogP contribution in [0.1, 0.15) is 25.7 Å². The number of nitrogens with two attached hydrogens (primary N) is 1. The monoisotopic (exact) mass is 433 g/mol. The Morgan fingerprint density at radius 1 is 1.19 bits per heavy atom. The molecule has 0 radical (unpaired) electrons. The maximum absolute atomic E-state index is 11.0. The van der Waals surface area contributed by atoms with Gasteiger partial charge in [-0.25, -0.2) is 4.98 Å². The highest BCUT2D eigenvalue weighted by Crippen LogP contribution is 2.24. The van der Waals surface area contributed by atoms with E-state index < -0.39 is 0 Å². The molecule has 1 aliphatic rings. The van der Waals surface area contributed by atoms with Crippen molar-refractivity contribution < 1.29 is 9.90 Å². The first-order chi connectivity index (χ1) is 15.5. The van der Waals surface area contributed by atoms with Gasteiger partial charge in [0.25, 0.3) is 0 Å². The molecule has 1 saturated carbocycles. The third-order valence-corrected chi connectivity index (χ3v) is 5.60. The number of hydrogen-bond donors (Lipinski definition) is 3. The molecule has 0 unspecified atom stereocenters. The zero-order valence-corrected chi connectivity index (χ0v) is 17.3. The number of amides is 1. The molecule has 1 aromatic carbocycles. The van der Waals surface area contributed by atoms with Gasteiger partial charge in [-0.1, -0.05) is 17.3 Å². The molecular weight excluding hydrogens is 410 g/mol. The van der Waals surface area contributed by atoms with Crippen molar-refractivity contribution in [2.24, 2.45) is 5.73 Å². The number of fused-ring (bicyclic) bond motifs is 1. The van der Waals surface area contributed by atoms with Crippen molar-refractivity contribution in [3.63, 3.8) is 0 Å². The summed E-state index contributed by atoms with van der Waals surface area (Å²) in [4.78, 5) is 19.9. The number of anilines is 1. The summed E-state index contributed by atoms with van der Waals surface area (Å²) >= 11 is 0. The zero-order chi connectivity index (χ0) is 22.1. The first-order valence-electron chi connectivity index (χ1n) is 10.5. The Bertz CT molecular complexity index is 1250. The fourth-order valence-electron chi connectivity index (χ4n) is 3.90. The van der Waals surface area contributed by atoms with Crippen LogP contribution in [-0.2, 0) is 11.3 Å². The molecule has 1 amide bonds. The van der Waals surface area contributed by atoms with Crippen LogP contribution in [-0.4, -0.2) is 57.9 Å². The van der Waals surface area contributed by atoms with Gasteiger partial charge in [0, 0.05) is 30.8 Å². The second kappa shape index (κ2) is 8.35. The minimum Gasteiger partial charge on any atom is -0.393 e. The summed E-state index contributed by atoms with van der Waals surface area (Å²) in [7, 11) is 0. The smallest absolute Gasteiger partial charge is 0.225 e. The van der Waals surface area contributed by atoms with E-state index in [2.05, 4.69) is 30.7 Å². The number of hydrogen-bond acceptors (Lipinski definition) is 8. The molecule has 0 saturated heterocycles. The number of aryl methyl sites for hydroxylation is 1. The van der Waals surface area contributed by atoms with Crippen LogP contribution in [0.2, 0.25) is 0 Å². The lowest BCUT2D eigenvalue weighted by atomic mass is 10.1. The molecule has 4 N–H and O–H groups in total. The van der Waals surface area contributed by atoms with Gasteiger partial charge in [0.15, 0.2) is 11.2 Å². The van der Waals surface area contributed by atoms with Crippen LogP contribution in [0.5, 0.6) is 0 Å². The van der Waals surface area contributed by atoms with E-state index in [0.29, 0.717) is 30.1 Å². The number of nitrogens with one attached hydrogen (secondary N) is 1. The molecule has 32 heavy (non-hydrogen) atoms. The molecule has 2 atom stereocenters. The lowest BCUT2D eigenvalue weighted by Crippen LogP contribution is -2.18. The summed E-state index contributed by atoms with van der Waals surface area (Å²) in [5, 5.41) is 25.7. The Hall–Kier alpha value is -3.86. The molecular formula is C21H23N9O2. The van der Waals surface area contributed by atoms with Gasteiger partial charge in [-0.3, -0.25) is 9.48 Å². The second-order valence-electron chi connectivity index (χ2n) is 7.97. The van der Waals surface area contributed by atoms with Crippen LogP contribution in [0.3, 0.4) is 0 Å². The molecule has 0 bridgehead atoms. The Kier molecular flexibility index (Phi) is 5.23. The maximum atomic E-state index is 11.0. The van der Waals surface area contributed by atoms with Crippen LogP contribution in [0.25, 0.3) is 28.0 Å². The number of aliphatic hydroxyl groups is 1. The van der Waals surface area contributed by atoms with Crippen LogP contribution in [0, 0.1) is 0 Å². The highest BCUT2D eigenvalue weighted by Gasteiger charge is 2.23. The molecule has 0 aliphatic heterocycles. The van der Waals surface area contributed by atoms with Gasteiger partial charge in [-0.15, -0.1) is 5.10 Å². The van der Waals surface area contributed by atoms with Gasteiger partial charge >= 0.3 is 0 Å². The van der Waals surface area contributed by atoms with Crippen molar-refractivity contribution in [2.45, 2.75) is 44.4 Å². The summed E-state index contributed by atoms with van der Waals surface area (Å²) in [5.41, 5.74) is 9.15. The molecule has 4 aromatic rings. The number of carbonyl (C=O) groups excluding carboxylic acids is 1. The average molecular weight is 433 g/mol. The topological polar surface area (TPSA) is 150 Å². The van der Waals surface area contributed by atoms with Gasteiger partial charge < -0.3 is 16.2 Å². The van der Waals surface area contributed by atoms with Crippen molar-refractivity contribution in [3.8, 4) is 16.8 Å². The SMILES string of the molecule is NC(=O)CCn1cc(-c2ccc(-n3nnc4cnc(N[C@@H]5CC[C@@H](O)C5)nc43)cc2)cn1. The molecule has 3 heterocycles. The molecule has 5 rings (SSSR count). The lowest BCUT2D eigenvalue weighted by molar-refractivity contribution is -0.118. The third-order valence-electron chi connectivity index (χ3n) is 5.60. The van der Waals surface area contributed by atoms with E-state index >= 15 is 0 Å². The first-order valence-corrected chi connectivity index (χ1v) is 10.5. The van der Waals surface area contributed by atoms with Crippen molar-refractivity contribution >= 4 is 23.0 Å². The summed E-state index contributed by atoms with van der Waals surface area (Å²) in [6.07, 6.45) is 7.64. The molecule has 164 valence electrons. The van der Waals surface area contributed by atoms with E-state index in [9.17, 15) is 9.90 Å². The van der Waals surface area contributed by atoms with Gasteiger partial charge in [-0.2, -0.15) is 14.8 Å². The minimum atomic E-state index is -0.352. The van der Waals surface area contributed by atoms with Crippen LogP contribution in [0.4, 0.5) is 5.95 Å². The van der Waals surface area contributed by atoms with Crippen LogP contribution in [0.15, 0.2) is 42.9 Å². The Morgan fingerprint density at radius 2 is 2.03 bits per heavy atom. The summed E-state index contributed by atoms with van der Waals surface area (Å²) in [6.45, 7) is 0.453. The average Bonchev–Trinajstić information content (AvgIpc) is 3.52. The number of carbonyl (C=O) groups is 1. The Morgan fingerprint density at radius 3 is 2.78 bits per heavy atom. The molecule has 11 heteroatoms. The van der Waals surface area contributed by atoms with Gasteiger partial charge in [0.1, 0.15) is 0 Å². The summed E-state index contributed by atoms with van der Waals surface area (Å²) in [5.74, 6) is 0.148. The highest BCUT2D eigenvalue weighted by molar-refractivity contribution is 5.74. The Balaban J connectivity index is 1.36. The standard InChI is InChI=1S/C21H23N9O2/c22-19(32)7-8-29-12-14(10-24-29)13-1-4-16(5-2-13)30-20-18(27-28-30)11-23-21(26-20)25-15-3-6-17(31)9-15/h1-2,4-5,10-12,15,17,31H,3,6-9H2,(H2,22,32)(H,23,25,26)/t15-,17-/m1/s1. The molecule has 1 fully saturated rings. The van der Waals surface area contributed by atoms with E-state index in [0.717, 1.165) is 29.7 Å². The van der Waals surface area contributed by atoms with Crippen LogP contribution < -0.4 is 11.1 Å². The third kappa shape index (κ3) is 4.14. The number of primary amides is 1. The van der Waals surface area contributed by atoms with E-state index in [-0.39, 0.29) is 24.5 Å². The normalized spacial score (nSPS) is 18.3. The van der Waals surface area contributed by atoms with Gasteiger partial charge in [0.2, 0.25) is 11.9 Å². The fourth-order valence-corrected chi connectivity index (χ4v) is 3.90. The number of rotatable bonds is 7. The quantitative estimate of drug-likeness (QED) is 0.394. The molecule has 0 spiro atoms. The number of aromatic nitrogens is 7. The largest absolute Gasteiger partial charge is 0.393 e. The van der Waals surface area contributed by atoms with Gasteiger partial charge in [-0.05, 0) is 37.0 Å². The van der Waals surface area contributed by atoms with E-state index in [4.69, 9.17) is 5.73 Å². The number of aliphatic hydroxyl groups excluding tert-OH is 1. The van der Waals surface area contributed by atoms with Crippen LogP contribution >= 0.6 is 0 Å². The predicted molar refractivity (Wildman–Crippen MR) is 117 cm³/mol. The van der Waals surface area contributed by atoms with Gasteiger partial charge in [0.05, 0.1) is 24.2 Å². The lowest BCUT2D eigenvalue weighted by Gasteiger charge is -2.11. The zero-order valence-electron chi connectivity index (χ0n) is 17.3. The number of nitrogens with zero attached hydrogens (tertiary/aromatic N) is 7. The van der Waals surface area contributed by atoms with E-state index in [1.54, 1.807) is 21.8 Å². The fraction of sp³-hybridized carbons (Fsp3) is 0.333. The molecule has 1 aliphatic carbocycles. The van der Waals surface area contributed by atoms with E-state index in [1.807, 2.05) is 30.5 Å². The van der Waals surface area contributed by atoms with Crippen molar-refractivity contribution in [2.75, 3.05) is 5.32 Å².